The molecule has 0 saturated carbocycles. The highest BCUT2D eigenvalue weighted by Gasteiger charge is 2.15. The van der Waals surface area contributed by atoms with Crippen molar-refractivity contribution in [1.29, 1.82) is 0 Å². The van der Waals surface area contributed by atoms with Crippen LogP contribution in [0.15, 0.2) is 12.2 Å². The van der Waals surface area contributed by atoms with E-state index in [-0.39, 0.29) is 32.0 Å². The molecule has 0 bridgehead atoms. The summed E-state index contributed by atoms with van der Waals surface area (Å²) in [4.78, 5) is 20.8. The normalized spacial score (nSPS) is 9.93. The highest BCUT2D eigenvalue weighted by atomic mass is 17.0. The van der Waals surface area contributed by atoms with Crippen molar-refractivity contribution in [3.8, 4) is 0 Å². The Kier molecular flexibility index (Phi) is 6.95. The van der Waals surface area contributed by atoms with Crippen LogP contribution in [0, 0.1) is 0 Å². The molecule has 0 aliphatic carbocycles. The van der Waals surface area contributed by atoms with E-state index < -0.39 is 5.91 Å². The smallest absolute Gasteiger partial charge is 0.299 e. The molecule has 14 heavy (non-hydrogen) atoms. The topological polar surface area (TPSA) is 79.2 Å². The van der Waals surface area contributed by atoms with E-state index in [1.54, 1.807) is 0 Å². The highest BCUT2D eigenvalue weighted by molar-refractivity contribution is 5.90. The predicted octanol–water partition coefficient (Wildman–Crippen LogP) is -0.761. The van der Waals surface area contributed by atoms with Crippen LogP contribution in [0.1, 0.15) is 6.92 Å². The molecule has 2 N–H and O–H groups in total. The summed E-state index contributed by atoms with van der Waals surface area (Å²) in [6.45, 7) is 4.32. The molecular weight excluding hydrogens is 190 g/mol. The van der Waals surface area contributed by atoms with E-state index in [1.165, 1.54) is 6.92 Å². The number of hydroxylamine groups is 2. The first-order valence-corrected chi connectivity index (χ1v) is 4.11. The van der Waals surface area contributed by atoms with Crippen LogP contribution in [0.25, 0.3) is 0 Å². The van der Waals surface area contributed by atoms with Gasteiger partial charge in [0, 0.05) is 5.57 Å². The molecule has 0 aliphatic heterocycles. The van der Waals surface area contributed by atoms with Gasteiger partial charge in [-0.1, -0.05) is 11.8 Å². The molecule has 6 heteroatoms. The van der Waals surface area contributed by atoms with Crippen molar-refractivity contribution < 1.29 is 24.7 Å². The molecule has 0 aromatic heterocycles. The molecule has 0 rings (SSSR count). The fourth-order valence-electron chi connectivity index (χ4n) is 0.558. The second-order valence-electron chi connectivity index (χ2n) is 2.46. The van der Waals surface area contributed by atoms with Gasteiger partial charge in [0.25, 0.3) is 5.91 Å². The van der Waals surface area contributed by atoms with Crippen molar-refractivity contribution in [3.63, 3.8) is 0 Å². The Bertz CT molecular complexity index is 186. The molecule has 0 aromatic carbocycles. The highest BCUT2D eigenvalue weighted by Crippen LogP contribution is 2.00. The van der Waals surface area contributed by atoms with Crippen molar-refractivity contribution in [2.24, 2.45) is 0 Å². The number of carbonyl (C=O) groups is 1. The molecule has 0 radical (unpaired) electrons. The third kappa shape index (κ3) is 4.93. The zero-order chi connectivity index (χ0) is 11.0. The minimum absolute atomic E-state index is 0.0650. The molecule has 6 nitrogen and oxygen atoms in total. The van der Waals surface area contributed by atoms with Crippen molar-refractivity contribution in [1.82, 2.24) is 5.23 Å². The van der Waals surface area contributed by atoms with Crippen LogP contribution in [-0.4, -0.2) is 47.8 Å². The number of aliphatic hydroxyl groups excluding tert-OH is 2. The van der Waals surface area contributed by atoms with Gasteiger partial charge in [-0.15, -0.1) is 0 Å². The molecule has 0 atom stereocenters. The van der Waals surface area contributed by atoms with E-state index in [2.05, 4.69) is 6.58 Å². The summed E-state index contributed by atoms with van der Waals surface area (Å²) >= 11 is 0. The van der Waals surface area contributed by atoms with Crippen LogP contribution < -0.4 is 0 Å². The Labute approximate surface area is 82.2 Å². The van der Waals surface area contributed by atoms with Gasteiger partial charge in [0.05, 0.1) is 13.2 Å². The van der Waals surface area contributed by atoms with Crippen molar-refractivity contribution >= 4 is 5.91 Å². The summed E-state index contributed by atoms with van der Waals surface area (Å²) in [6.07, 6.45) is 0. The molecule has 1 amide bonds. The van der Waals surface area contributed by atoms with Gasteiger partial charge in [-0.3, -0.25) is 4.79 Å². The Hall–Kier alpha value is -0.950. The lowest BCUT2D eigenvalue weighted by atomic mass is 10.3. The van der Waals surface area contributed by atoms with Gasteiger partial charge in [-0.05, 0) is 6.92 Å². The van der Waals surface area contributed by atoms with Crippen LogP contribution in [0.4, 0.5) is 0 Å². The molecule has 0 aromatic rings. The van der Waals surface area contributed by atoms with E-state index in [9.17, 15) is 4.79 Å². The zero-order valence-corrected chi connectivity index (χ0v) is 8.10. The standard InChI is InChI=1S/C8H15NO5/c1-7(2)8(12)9(13-5-3-10)14-6-4-11/h10-11H,1,3-6H2,2H3. The minimum atomic E-state index is -0.549. The fourth-order valence-corrected chi connectivity index (χ4v) is 0.558. The lowest BCUT2D eigenvalue weighted by Gasteiger charge is -2.19. The van der Waals surface area contributed by atoms with Crippen LogP contribution in [0.2, 0.25) is 0 Å². The maximum absolute atomic E-state index is 11.3. The fraction of sp³-hybridized carbons (Fsp3) is 0.625. The van der Waals surface area contributed by atoms with Gasteiger partial charge < -0.3 is 10.2 Å². The zero-order valence-electron chi connectivity index (χ0n) is 8.10. The van der Waals surface area contributed by atoms with Gasteiger partial charge in [0.15, 0.2) is 0 Å². The van der Waals surface area contributed by atoms with Crippen LogP contribution in [0.3, 0.4) is 0 Å². The van der Waals surface area contributed by atoms with Gasteiger partial charge in [-0.2, -0.15) is 0 Å². The predicted molar refractivity (Wildman–Crippen MR) is 47.7 cm³/mol. The Morgan fingerprint density at radius 2 is 1.71 bits per heavy atom. The van der Waals surface area contributed by atoms with Gasteiger partial charge >= 0.3 is 0 Å². The SMILES string of the molecule is C=C(C)C(=O)N(OCCO)OCCO. The summed E-state index contributed by atoms with van der Waals surface area (Å²) in [6, 6.07) is 0. The number of carbonyl (C=O) groups excluding carboxylic acids is 1. The number of hydrogen-bond acceptors (Lipinski definition) is 5. The number of aliphatic hydroxyl groups is 2. The molecule has 0 spiro atoms. The van der Waals surface area contributed by atoms with Crippen molar-refractivity contribution in [2.45, 2.75) is 6.92 Å². The largest absolute Gasteiger partial charge is 0.394 e. The molecule has 0 saturated heterocycles. The second-order valence-corrected chi connectivity index (χ2v) is 2.46. The Morgan fingerprint density at radius 1 is 1.29 bits per heavy atom. The molecule has 0 unspecified atom stereocenters. The number of amides is 1. The quantitative estimate of drug-likeness (QED) is 0.422. The lowest BCUT2D eigenvalue weighted by Crippen LogP contribution is -2.33. The Balaban J connectivity index is 4.08. The number of hydrogen-bond donors (Lipinski definition) is 2. The third-order valence-electron chi connectivity index (χ3n) is 1.13. The first kappa shape index (κ1) is 13.1. The summed E-state index contributed by atoms with van der Waals surface area (Å²) in [7, 11) is 0. The summed E-state index contributed by atoms with van der Waals surface area (Å²) in [5.41, 5.74) is 0.237. The van der Waals surface area contributed by atoms with E-state index >= 15 is 0 Å². The average molecular weight is 205 g/mol. The third-order valence-corrected chi connectivity index (χ3v) is 1.13. The number of nitrogens with zero attached hydrogens (tertiary/aromatic N) is 1. The van der Waals surface area contributed by atoms with Gasteiger partial charge in [-0.25, -0.2) is 9.68 Å². The van der Waals surface area contributed by atoms with Gasteiger partial charge in [0.2, 0.25) is 0 Å². The summed E-state index contributed by atoms with van der Waals surface area (Å²) < 4.78 is 0. The first-order chi connectivity index (χ1) is 6.63. The van der Waals surface area contributed by atoms with Crippen LogP contribution in [0.5, 0.6) is 0 Å². The average Bonchev–Trinajstić information content (AvgIpc) is 2.17. The summed E-state index contributed by atoms with van der Waals surface area (Å²) in [5, 5.41) is 17.5. The number of rotatable bonds is 7. The van der Waals surface area contributed by atoms with Crippen LogP contribution in [-0.2, 0) is 14.5 Å². The van der Waals surface area contributed by atoms with Crippen LogP contribution >= 0.6 is 0 Å². The monoisotopic (exact) mass is 205 g/mol. The molecule has 0 aliphatic rings. The maximum Gasteiger partial charge on any atom is 0.299 e. The molecule has 0 fully saturated rings. The van der Waals surface area contributed by atoms with Gasteiger partial charge in [0.1, 0.15) is 13.2 Å². The summed E-state index contributed by atoms with van der Waals surface area (Å²) in [5.74, 6) is -0.549. The first-order valence-electron chi connectivity index (χ1n) is 4.11. The molecule has 82 valence electrons. The van der Waals surface area contributed by atoms with Crippen molar-refractivity contribution in [2.75, 3.05) is 26.4 Å². The maximum atomic E-state index is 11.3. The van der Waals surface area contributed by atoms with E-state index in [0.717, 1.165) is 0 Å². The van der Waals surface area contributed by atoms with E-state index in [1.807, 2.05) is 0 Å². The van der Waals surface area contributed by atoms with E-state index in [4.69, 9.17) is 19.9 Å². The Morgan fingerprint density at radius 3 is 2.00 bits per heavy atom. The van der Waals surface area contributed by atoms with E-state index in [0.29, 0.717) is 5.23 Å². The minimum Gasteiger partial charge on any atom is -0.394 e. The molecule has 0 heterocycles. The lowest BCUT2D eigenvalue weighted by molar-refractivity contribution is -0.342. The van der Waals surface area contributed by atoms with Crippen molar-refractivity contribution in [3.05, 3.63) is 12.2 Å². The molecular formula is C8H15NO5. The second kappa shape index (κ2) is 7.45.